The predicted octanol–water partition coefficient (Wildman–Crippen LogP) is 4.76. The van der Waals surface area contributed by atoms with Crippen LogP contribution < -0.4 is 0 Å². The summed E-state index contributed by atoms with van der Waals surface area (Å²) in [5.74, 6) is 0. The van der Waals surface area contributed by atoms with Gasteiger partial charge in [0.2, 0.25) is 0 Å². The van der Waals surface area contributed by atoms with Gasteiger partial charge in [-0.3, -0.25) is 0 Å². The quantitative estimate of drug-likeness (QED) is 0.593. The van der Waals surface area contributed by atoms with Crippen molar-refractivity contribution in [1.29, 1.82) is 5.26 Å². The molecule has 1 nitrogen and oxygen atoms in total. The van der Waals surface area contributed by atoms with Gasteiger partial charge in [-0.15, -0.1) is 0 Å². The summed E-state index contributed by atoms with van der Waals surface area (Å²) in [4.78, 5) is 0. The minimum Gasteiger partial charge on any atom is -0.198 e. The monoisotopic (exact) mass is 205 g/mol. The Morgan fingerprint density at radius 3 is 1.73 bits per heavy atom. The fourth-order valence-corrected chi connectivity index (χ4v) is 1.30. The Morgan fingerprint density at radius 1 is 0.800 bits per heavy atom. The molecule has 0 radical (unpaired) electrons. The molecule has 0 aromatic heterocycles. The van der Waals surface area contributed by atoms with E-state index in [1.807, 2.05) is 0 Å². The summed E-state index contributed by atoms with van der Waals surface area (Å²) < 4.78 is 0. The fourth-order valence-electron chi connectivity index (χ4n) is 1.30. The number of hydrogen-bond donors (Lipinski definition) is 0. The van der Waals surface area contributed by atoms with E-state index in [0.29, 0.717) is 6.42 Å². The third-order valence-electron chi connectivity index (χ3n) is 3.07. The maximum atomic E-state index is 8.51. The number of nitrogens with zero attached hydrogens (tertiary/aromatic N) is 1. The molecule has 0 bridgehead atoms. The molecule has 0 saturated carbocycles. The average molecular weight is 205 g/mol. The Kier molecular flexibility index (Phi) is 6.79. The van der Waals surface area contributed by atoms with Gasteiger partial charge in [-0.2, -0.15) is 5.26 Å². The normalized spacial score (nSPS) is 11.7. The summed E-state index contributed by atoms with van der Waals surface area (Å²) >= 11 is 0. The molecule has 0 saturated heterocycles. The number of rotatable bonds is 5. The average Bonchev–Trinajstić information content (AvgIpc) is 2.21. The van der Waals surface area contributed by atoms with Crippen molar-refractivity contribution in [3.8, 4) is 6.07 Å². The van der Waals surface area contributed by atoms with Gasteiger partial charge in [0.05, 0.1) is 6.07 Å². The largest absolute Gasteiger partial charge is 0.198 e. The zero-order valence-corrected chi connectivity index (χ0v) is 10.8. The summed E-state index contributed by atoms with van der Waals surface area (Å²) in [5, 5.41) is 8.51. The van der Waals surface area contributed by atoms with Gasteiger partial charge >= 0.3 is 0 Å². The molecule has 0 unspecified atom stereocenters. The van der Waals surface area contributed by atoms with Crippen LogP contribution in [-0.4, -0.2) is 0 Å². The molecule has 1 heteroatoms. The van der Waals surface area contributed by atoms with Crippen LogP contribution in [-0.2, 0) is 0 Å². The van der Waals surface area contributed by atoms with Crippen molar-refractivity contribution in [3.05, 3.63) is 22.3 Å². The molecule has 0 aromatic rings. The van der Waals surface area contributed by atoms with E-state index in [1.165, 1.54) is 22.3 Å². The van der Waals surface area contributed by atoms with Gasteiger partial charge in [-0.05, 0) is 53.9 Å². The zero-order valence-electron chi connectivity index (χ0n) is 10.8. The lowest BCUT2D eigenvalue weighted by Gasteiger charge is -2.08. The van der Waals surface area contributed by atoms with Crippen LogP contribution in [0.25, 0.3) is 0 Å². The lowest BCUT2D eigenvalue weighted by Crippen LogP contribution is -1.88. The Balaban J connectivity index is 4.19. The predicted molar refractivity (Wildman–Crippen MR) is 66.5 cm³/mol. The minimum atomic E-state index is 0.644. The first kappa shape index (κ1) is 14.0. The molecular weight excluding hydrogens is 182 g/mol. The van der Waals surface area contributed by atoms with Crippen molar-refractivity contribution >= 4 is 0 Å². The highest BCUT2D eigenvalue weighted by Gasteiger charge is 1.99. The molecule has 84 valence electrons. The second-order valence-electron chi connectivity index (χ2n) is 4.50. The van der Waals surface area contributed by atoms with E-state index in [4.69, 9.17) is 5.26 Å². The van der Waals surface area contributed by atoms with Crippen LogP contribution in [0, 0.1) is 11.3 Å². The van der Waals surface area contributed by atoms with Crippen molar-refractivity contribution in [1.82, 2.24) is 0 Å². The highest BCUT2D eigenvalue weighted by Crippen LogP contribution is 2.18. The van der Waals surface area contributed by atoms with E-state index < -0.39 is 0 Å². The molecule has 0 atom stereocenters. The lowest BCUT2D eigenvalue weighted by molar-refractivity contribution is 0.864. The van der Waals surface area contributed by atoms with Gasteiger partial charge in [-0.1, -0.05) is 22.3 Å². The van der Waals surface area contributed by atoms with Crippen LogP contribution in [0.5, 0.6) is 0 Å². The van der Waals surface area contributed by atoms with Crippen LogP contribution in [0.15, 0.2) is 22.3 Å². The third-order valence-corrected chi connectivity index (χ3v) is 3.07. The molecule has 0 aliphatic rings. The minimum absolute atomic E-state index is 0.644. The Morgan fingerprint density at radius 2 is 1.27 bits per heavy atom. The first-order valence-electron chi connectivity index (χ1n) is 5.64. The molecule has 15 heavy (non-hydrogen) atoms. The topological polar surface area (TPSA) is 23.8 Å². The van der Waals surface area contributed by atoms with Crippen molar-refractivity contribution in [2.24, 2.45) is 0 Å². The fraction of sp³-hybridized carbons (Fsp3) is 0.643. The van der Waals surface area contributed by atoms with Crippen LogP contribution >= 0.6 is 0 Å². The Bertz CT molecular complexity index is 296. The maximum absolute atomic E-state index is 8.51. The molecular formula is C14H23N. The summed E-state index contributed by atoms with van der Waals surface area (Å²) in [6.07, 6.45) is 3.85. The SMILES string of the molecule is CC(C)=C(C)CCC(C)=C(C)CCC#N. The van der Waals surface area contributed by atoms with Gasteiger partial charge in [-0.25, -0.2) is 0 Å². The Labute approximate surface area is 94.5 Å². The van der Waals surface area contributed by atoms with Crippen LogP contribution in [0.2, 0.25) is 0 Å². The molecule has 0 amide bonds. The molecule has 0 spiro atoms. The summed E-state index contributed by atoms with van der Waals surface area (Å²) in [5.41, 5.74) is 5.75. The van der Waals surface area contributed by atoms with Gasteiger partial charge in [0.15, 0.2) is 0 Å². The van der Waals surface area contributed by atoms with Gasteiger partial charge < -0.3 is 0 Å². The molecule has 0 aliphatic carbocycles. The van der Waals surface area contributed by atoms with E-state index in [9.17, 15) is 0 Å². The van der Waals surface area contributed by atoms with Gasteiger partial charge in [0, 0.05) is 6.42 Å². The van der Waals surface area contributed by atoms with E-state index in [1.54, 1.807) is 0 Å². The summed E-state index contributed by atoms with van der Waals surface area (Å²) in [7, 11) is 0. The van der Waals surface area contributed by atoms with Crippen molar-refractivity contribution in [2.45, 2.75) is 60.3 Å². The summed E-state index contributed by atoms with van der Waals surface area (Å²) in [6, 6.07) is 2.19. The van der Waals surface area contributed by atoms with E-state index in [0.717, 1.165) is 19.3 Å². The molecule has 0 aromatic carbocycles. The molecule has 0 rings (SSSR count). The van der Waals surface area contributed by atoms with E-state index >= 15 is 0 Å². The molecule has 0 fully saturated rings. The highest BCUT2D eigenvalue weighted by atomic mass is 14.2. The number of hydrogen-bond acceptors (Lipinski definition) is 1. The number of nitriles is 1. The smallest absolute Gasteiger partial charge is 0.0625 e. The molecule has 0 aliphatic heterocycles. The molecule has 0 N–H and O–H groups in total. The highest BCUT2D eigenvalue weighted by molar-refractivity contribution is 5.14. The second-order valence-corrected chi connectivity index (χ2v) is 4.50. The van der Waals surface area contributed by atoms with Crippen molar-refractivity contribution < 1.29 is 0 Å². The first-order valence-corrected chi connectivity index (χ1v) is 5.64. The maximum Gasteiger partial charge on any atom is 0.0625 e. The third kappa shape index (κ3) is 6.12. The van der Waals surface area contributed by atoms with Gasteiger partial charge in [0.1, 0.15) is 0 Å². The van der Waals surface area contributed by atoms with Crippen LogP contribution in [0.4, 0.5) is 0 Å². The second kappa shape index (κ2) is 7.29. The van der Waals surface area contributed by atoms with Crippen molar-refractivity contribution in [2.75, 3.05) is 0 Å². The number of allylic oxidation sites excluding steroid dienone is 4. The zero-order chi connectivity index (χ0) is 11.8. The lowest BCUT2D eigenvalue weighted by atomic mass is 9.99. The van der Waals surface area contributed by atoms with Crippen LogP contribution in [0.1, 0.15) is 60.3 Å². The molecule has 0 heterocycles. The first-order chi connectivity index (χ1) is 6.99. The van der Waals surface area contributed by atoms with Crippen LogP contribution in [0.3, 0.4) is 0 Å². The van der Waals surface area contributed by atoms with Gasteiger partial charge in [0.25, 0.3) is 0 Å². The Hall–Kier alpha value is -1.03. The van der Waals surface area contributed by atoms with E-state index in [-0.39, 0.29) is 0 Å². The van der Waals surface area contributed by atoms with E-state index in [2.05, 4.69) is 40.7 Å². The van der Waals surface area contributed by atoms with Crippen molar-refractivity contribution in [3.63, 3.8) is 0 Å². The summed E-state index contributed by atoms with van der Waals surface area (Å²) in [6.45, 7) is 10.9. The standard InChI is InChI=1S/C14H23N/c1-11(2)12(3)8-9-14(5)13(4)7-6-10-15/h6-9H2,1-5H3.